The number of hydrogen-bond donors (Lipinski definition) is 2. The molecule has 10 nitrogen and oxygen atoms in total. The molecule has 2 aromatic heterocycles. The fourth-order valence-corrected chi connectivity index (χ4v) is 8.31. The van der Waals surface area contributed by atoms with E-state index in [2.05, 4.69) is 20.2 Å². The number of nitrogen functional groups attached to an aromatic ring is 1. The second-order valence-electron chi connectivity index (χ2n) is 12.9. The Bertz CT molecular complexity index is 2010. The molecule has 4 saturated heterocycles. The molecule has 0 spiro atoms. The van der Waals surface area contributed by atoms with Crippen molar-refractivity contribution in [1.82, 2.24) is 19.8 Å². The van der Waals surface area contributed by atoms with Crippen LogP contribution in [0.25, 0.3) is 32.1 Å². The van der Waals surface area contributed by atoms with Gasteiger partial charge in [-0.25, -0.2) is 18.0 Å². The number of fused-ring (bicyclic) bond motifs is 4. The number of ether oxygens (including phenoxy) is 2. The van der Waals surface area contributed by atoms with E-state index < -0.39 is 40.6 Å². The van der Waals surface area contributed by atoms with E-state index >= 15 is 4.39 Å². The van der Waals surface area contributed by atoms with Gasteiger partial charge in [0.2, 0.25) is 0 Å². The second-order valence-corrected chi connectivity index (χ2v) is 13.9. The maximum absolute atomic E-state index is 15.9. The number of rotatable bonds is 4. The number of aromatic nitrogens is 2. The number of nitrogens with one attached hydrogen (secondary N) is 1. The first-order valence-corrected chi connectivity index (χ1v) is 17.8. The van der Waals surface area contributed by atoms with Gasteiger partial charge in [0.1, 0.15) is 34.4 Å². The molecule has 0 aliphatic carbocycles. The van der Waals surface area contributed by atoms with Crippen LogP contribution in [0.3, 0.4) is 0 Å². The number of carbonyl (C=O) groups is 1. The summed E-state index contributed by atoms with van der Waals surface area (Å²) >= 11 is 0.698. The van der Waals surface area contributed by atoms with Crippen molar-refractivity contribution < 1.29 is 40.6 Å². The van der Waals surface area contributed by atoms with E-state index in [1.165, 1.54) is 26.4 Å². The minimum absolute atomic E-state index is 0.0444. The van der Waals surface area contributed by atoms with Crippen molar-refractivity contribution in [2.45, 2.75) is 69.9 Å². The van der Waals surface area contributed by atoms with E-state index in [9.17, 15) is 32.0 Å². The number of halogens is 6. The van der Waals surface area contributed by atoms with Crippen molar-refractivity contribution in [2.75, 3.05) is 50.9 Å². The monoisotopic (exact) mass is 749 g/mol. The largest absolute Gasteiger partial charge is 0.467 e. The first kappa shape index (κ1) is 37.2. The average molecular weight is 750 g/mol. The second kappa shape index (κ2) is 15.2. The van der Waals surface area contributed by atoms with E-state index in [0.717, 1.165) is 50.6 Å². The number of thiophene rings is 1. The van der Waals surface area contributed by atoms with Gasteiger partial charge in [-0.15, -0.1) is 11.3 Å². The van der Waals surface area contributed by atoms with Crippen LogP contribution in [0.4, 0.5) is 42.0 Å². The third-order valence-corrected chi connectivity index (χ3v) is 10.7. The predicted molar refractivity (Wildman–Crippen MR) is 185 cm³/mol. The van der Waals surface area contributed by atoms with Crippen molar-refractivity contribution in [3.63, 3.8) is 0 Å². The number of amides is 1. The molecule has 4 fully saturated rings. The molecule has 6 heterocycles. The fourth-order valence-electron chi connectivity index (χ4n) is 7.36. The van der Waals surface area contributed by atoms with Crippen LogP contribution in [0.15, 0.2) is 18.2 Å². The highest BCUT2D eigenvalue weighted by Crippen LogP contribution is 2.47. The van der Waals surface area contributed by atoms with Gasteiger partial charge in [-0.05, 0) is 63.3 Å². The van der Waals surface area contributed by atoms with Gasteiger partial charge in [0.25, 0.3) is 0 Å². The SMILES string of the molecule is CCNc1nc(OC)nc2c(F)c(-c3ccc(F)c4sc(N)c(C#N)c34)c(C(F)(F)F)cc12.FC1CC2CCCN2C1.O=C1OCCC2CCCN12. The lowest BCUT2D eigenvalue weighted by Crippen LogP contribution is -2.41. The van der Waals surface area contributed by atoms with Crippen LogP contribution >= 0.6 is 11.3 Å². The minimum Gasteiger partial charge on any atom is -0.467 e. The topological polar surface area (TPSA) is 130 Å². The van der Waals surface area contributed by atoms with E-state index in [0.29, 0.717) is 36.6 Å². The van der Waals surface area contributed by atoms with E-state index in [4.69, 9.17) is 15.2 Å². The molecular formula is C35H37F6N7O3S. The maximum atomic E-state index is 15.9. The standard InChI is InChI=1S/C21H14F5N5OS.C7H12FN.C7H11NO2/c1-3-29-19-9-6-11(21(24,25)26)14(15(23)16(9)30-20(31-19)32-2)8-4-5-12(22)17-13(8)10(7-27)18(28)33-17;8-6-4-7-2-1-3-9(7)5-6;9-7-8-4-1-2-6(8)3-5-10-7/h4-6H,3,28H2,1-2H3,(H,29,30,31);6-7H,1-5H2;6H,1-5H2. The Morgan fingerprint density at radius 3 is 2.58 bits per heavy atom. The Kier molecular flexibility index (Phi) is 10.9. The van der Waals surface area contributed by atoms with Gasteiger partial charge in [-0.2, -0.15) is 28.4 Å². The van der Waals surface area contributed by atoms with Gasteiger partial charge in [-0.3, -0.25) is 4.90 Å². The van der Waals surface area contributed by atoms with Gasteiger partial charge in [0.15, 0.2) is 5.82 Å². The Morgan fingerprint density at radius 2 is 1.90 bits per heavy atom. The normalized spacial score (nSPS) is 21.1. The molecular weight excluding hydrogens is 712 g/mol. The summed E-state index contributed by atoms with van der Waals surface area (Å²) in [5.41, 5.74) is 2.59. The number of nitrogens with zero attached hydrogens (tertiary/aromatic N) is 5. The first-order chi connectivity index (χ1) is 24.9. The van der Waals surface area contributed by atoms with Crippen LogP contribution in [0.5, 0.6) is 6.01 Å². The lowest BCUT2D eigenvalue weighted by Gasteiger charge is -2.28. The molecule has 3 N–H and O–H groups in total. The molecule has 2 aromatic carbocycles. The Hall–Kier alpha value is -4.56. The molecule has 17 heteroatoms. The molecule has 3 atom stereocenters. The summed E-state index contributed by atoms with van der Waals surface area (Å²) in [5.74, 6) is -2.15. The van der Waals surface area contributed by atoms with Crippen LogP contribution in [0.1, 0.15) is 56.6 Å². The number of anilines is 2. The fraction of sp³-hybridized carbons (Fsp3) is 0.486. The Morgan fingerprint density at radius 1 is 1.15 bits per heavy atom. The number of cyclic esters (lactones) is 1. The molecule has 0 bridgehead atoms. The summed E-state index contributed by atoms with van der Waals surface area (Å²) in [6, 6.07) is 5.25. The summed E-state index contributed by atoms with van der Waals surface area (Å²) in [5, 5.41) is 11.8. The quantitative estimate of drug-likeness (QED) is 0.200. The summed E-state index contributed by atoms with van der Waals surface area (Å²) in [7, 11) is 1.23. The average Bonchev–Trinajstić information content (AvgIpc) is 3.90. The van der Waals surface area contributed by atoms with Crippen LogP contribution in [-0.2, 0) is 10.9 Å². The highest BCUT2D eigenvalue weighted by molar-refractivity contribution is 7.23. The van der Waals surface area contributed by atoms with Crippen molar-refractivity contribution in [3.05, 3.63) is 41.0 Å². The first-order valence-electron chi connectivity index (χ1n) is 17.0. The molecule has 278 valence electrons. The number of benzene rings is 2. The zero-order chi connectivity index (χ0) is 37.3. The number of carbonyl (C=O) groups excluding carboxylic acids is 1. The Balaban J connectivity index is 0.000000195. The van der Waals surface area contributed by atoms with Gasteiger partial charge in [-0.1, -0.05) is 6.07 Å². The predicted octanol–water partition coefficient (Wildman–Crippen LogP) is 7.89. The van der Waals surface area contributed by atoms with Crippen molar-refractivity contribution in [2.24, 2.45) is 0 Å². The van der Waals surface area contributed by atoms with E-state index in [-0.39, 0.29) is 56.1 Å². The van der Waals surface area contributed by atoms with Crippen molar-refractivity contribution >= 4 is 49.2 Å². The zero-order valence-corrected chi connectivity index (χ0v) is 29.3. The van der Waals surface area contributed by atoms with E-state index in [1.807, 2.05) is 4.90 Å². The number of hydrogen-bond acceptors (Lipinski definition) is 10. The van der Waals surface area contributed by atoms with Crippen molar-refractivity contribution in [3.8, 4) is 23.2 Å². The van der Waals surface area contributed by atoms with Crippen LogP contribution in [0.2, 0.25) is 0 Å². The molecule has 0 saturated carbocycles. The molecule has 4 aliphatic rings. The number of nitrogens with two attached hydrogens (primary N) is 1. The molecule has 4 aromatic rings. The highest BCUT2D eigenvalue weighted by Gasteiger charge is 2.39. The minimum atomic E-state index is -5.00. The van der Waals surface area contributed by atoms with E-state index in [1.54, 1.807) is 13.0 Å². The van der Waals surface area contributed by atoms with Crippen molar-refractivity contribution in [1.29, 1.82) is 5.26 Å². The lowest BCUT2D eigenvalue weighted by molar-refractivity contribution is -0.137. The maximum Gasteiger partial charge on any atom is 0.417 e. The van der Waals surface area contributed by atoms with Gasteiger partial charge in [0.05, 0.1) is 29.5 Å². The summed E-state index contributed by atoms with van der Waals surface area (Å²) in [6.07, 6.45) is 1.07. The molecule has 0 radical (unpaired) electrons. The molecule has 1 amide bonds. The van der Waals surface area contributed by atoms with Gasteiger partial charge >= 0.3 is 18.3 Å². The molecule has 3 unspecified atom stereocenters. The number of methoxy groups -OCH3 is 1. The third kappa shape index (κ3) is 7.23. The summed E-state index contributed by atoms with van der Waals surface area (Å²) < 4.78 is 95.1. The van der Waals surface area contributed by atoms with Crippen LogP contribution in [0, 0.1) is 23.0 Å². The third-order valence-electron chi connectivity index (χ3n) is 9.69. The number of nitriles is 1. The molecule has 4 aliphatic heterocycles. The van der Waals surface area contributed by atoms with Crippen LogP contribution < -0.4 is 15.8 Å². The van der Waals surface area contributed by atoms with Gasteiger partial charge < -0.3 is 25.4 Å². The number of alkyl halides is 4. The molecule has 52 heavy (non-hydrogen) atoms. The summed E-state index contributed by atoms with van der Waals surface area (Å²) in [4.78, 5) is 23.0. The lowest BCUT2D eigenvalue weighted by atomic mass is 9.92. The smallest absolute Gasteiger partial charge is 0.417 e. The molecule has 8 rings (SSSR count). The zero-order valence-electron chi connectivity index (χ0n) is 28.5. The Labute approximate surface area is 299 Å². The van der Waals surface area contributed by atoms with Crippen LogP contribution in [-0.4, -0.2) is 84.0 Å². The highest BCUT2D eigenvalue weighted by atomic mass is 32.1. The summed E-state index contributed by atoms with van der Waals surface area (Å²) in [6.45, 7) is 5.37. The van der Waals surface area contributed by atoms with Gasteiger partial charge in [0, 0.05) is 54.5 Å².